The first-order valence-electron chi connectivity index (χ1n) is 8.26. The molecule has 3 rings (SSSR count). The molecule has 1 aliphatic carbocycles. The molecule has 1 heterocycles. The van der Waals surface area contributed by atoms with Crippen LogP contribution in [0.3, 0.4) is 0 Å². The molecule has 0 atom stereocenters. The van der Waals surface area contributed by atoms with Crippen molar-refractivity contribution in [1.82, 2.24) is 9.88 Å². The zero-order valence-electron chi connectivity index (χ0n) is 13.0. The number of nitrogens with one attached hydrogen (secondary N) is 1. The van der Waals surface area contributed by atoms with Crippen molar-refractivity contribution in [2.45, 2.75) is 51.7 Å². The van der Waals surface area contributed by atoms with Gasteiger partial charge in [-0.05, 0) is 37.0 Å². The molecule has 0 bridgehead atoms. The lowest BCUT2D eigenvalue weighted by Crippen LogP contribution is -2.15. The van der Waals surface area contributed by atoms with E-state index in [1.165, 1.54) is 35.7 Å². The minimum absolute atomic E-state index is 0.759. The monoisotopic (exact) mass is 286 g/mol. The van der Waals surface area contributed by atoms with E-state index in [0.29, 0.717) is 0 Å². The highest BCUT2D eigenvalue weighted by Gasteiger charge is 2.20. The third kappa shape index (κ3) is 3.86. The zero-order chi connectivity index (χ0) is 14.5. The fourth-order valence-corrected chi connectivity index (χ4v) is 2.69. The molecule has 2 aromatic rings. The number of hydrogen-bond acceptors (Lipinski definition) is 2. The van der Waals surface area contributed by atoms with Gasteiger partial charge in [0.2, 0.25) is 0 Å². The van der Waals surface area contributed by atoms with Gasteiger partial charge in [0.05, 0.1) is 6.61 Å². The lowest BCUT2D eigenvalue weighted by atomic mass is 10.1. The van der Waals surface area contributed by atoms with E-state index < -0.39 is 0 Å². The van der Waals surface area contributed by atoms with Gasteiger partial charge in [-0.15, -0.1) is 0 Å². The largest absolute Gasteiger partial charge is 0.380 e. The van der Waals surface area contributed by atoms with Gasteiger partial charge in [0.15, 0.2) is 0 Å². The van der Waals surface area contributed by atoms with Crippen molar-refractivity contribution in [2.75, 3.05) is 13.2 Å². The minimum atomic E-state index is 0.759. The van der Waals surface area contributed by atoms with Gasteiger partial charge in [-0.2, -0.15) is 0 Å². The zero-order valence-corrected chi connectivity index (χ0v) is 13.0. The van der Waals surface area contributed by atoms with Gasteiger partial charge >= 0.3 is 0 Å². The number of ether oxygens (including phenoxy) is 1. The molecule has 3 nitrogen and oxygen atoms in total. The molecule has 0 spiro atoms. The topological polar surface area (TPSA) is 26.2 Å². The number of nitrogens with zero attached hydrogens (tertiary/aromatic N) is 1. The van der Waals surface area contributed by atoms with Crippen molar-refractivity contribution in [3.8, 4) is 0 Å². The van der Waals surface area contributed by atoms with Gasteiger partial charge in [0.1, 0.15) is 0 Å². The maximum absolute atomic E-state index is 5.68. The Balaban J connectivity index is 1.62. The Morgan fingerprint density at radius 1 is 1.24 bits per heavy atom. The van der Waals surface area contributed by atoms with E-state index in [4.69, 9.17) is 4.74 Å². The van der Waals surface area contributed by atoms with E-state index >= 15 is 0 Å². The number of fused-ring (bicyclic) bond motifs is 1. The maximum atomic E-state index is 5.68. The second kappa shape index (κ2) is 7.10. The molecule has 0 aliphatic heterocycles. The smallest absolute Gasteiger partial charge is 0.0645 e. The van der Waals surface area contributed by atoms with Gasteiger partial charge < -0.3 is 14.6 Å². The van der Waals surface area contributed by atoms with Crippen molar-refractivity contribution in [1.29, 1.82) is 0 Å². The van der Waals surface area contributed by atoms with Gasteiger partial charge in [-0.1, -0.05) is 25.5 Å². The molecule has 1 saturated carbocycles. The highest BCUT2D eigenvalue weighted by atomic mass is 16.5. The number of rotatable bonds is 9. The van der Waals surface area contributed by atoms with E-state index in [2.05, 4.69) is 47.3 Å². The van der Waals surface area contributed by atoms with Crippen molar-refractivity contribution in [3.63, 3.8) is 0 Å². The first-order chi connectivity index (χ1) is 10.4. The molecule has 1 fully saturated rings. The number of hydrogen-bond donors (Lipinski definition) is 1. The van der Waals surface area contributed by atoms with Crippen LogP contribution in [0.4, 0.5) is 0 Å². The summed E-state index contributed by atoms with van der Waals surface area (Å²) >= 11 is 0. The predicted octanol–water partition coefficient (Wildman–Crippen LogP) is 3.71. The molecule has 1 aliphatic rings. The summed E-state index contributed by atoms with van der Waals surface area (Å²) in [6, 6.07) is 9.61. The molecular formula is C18H26N2O. The Hall–Kier alpha value is -1.32. The number of unbranched alkanes of at least 4 members (excludes halogenated alkanes) is 1. The summed E-state index contributed by atoms with van der Waals surface area (Å²) in [5, 5.41) is 4.98. The third-order valence-corrected chi connectivity index (χ3v) is 4.18. The molecular weight excluding hydrogens is 260 g/mol. The summed E-state index contributed by atoms with van der Waals surface area (Å²) in [6.07, 6.45) is 7.22. The van der Waals surface area contributed by atoms with Crippen molar-refractivity contribution < 1.29 is 4.74 Å². The molecule has 0 amide bonds. The van der Waals surface area contributed by atoms with Crippen LogP contribution < -0.4 is 5.32 Å². The lowest BCUT2D eigenvalue weighted by Gasteiger charge is -2.08. The highest BCUT2D eigenvalue weighted by molar-refractivity contribution is 5.83. The molecule has 21 heavy (non-hydrogen) atoms. The van der Waals surface area contributed by atoms with Crippen LogP contribution in [0.1, 0.15) is 38.2 Å². The predicted molar refractivity (Wildman–Crippen MR) is 87.5 cm³/mol. The second-order valence-electron chi connectivity index (χ2n) is 5.98. The van der Waals surface area contributed by atoms with Crippen LogP contribution >= 0.6 is 0 Å². The Morgan fingerprint density at radius 3 is 2.95 bits per heavy atom. The van der Waals surface area contributed by atoms with Gasteiger partial charge in [-0.25, -0.2) is 0 Å². The molecule has 1 aromatic carbocycles. The first-order valence-corrected chi connectivity index (χ1v) is 8.26. The van der Waals surface area contributed by atoms with Crippen LogP contribution in [-0.4, -0.2) is 23.8 Å². The summed E-state index contributed by atoms with van der Waals surface area (Å²) in [6.45, 7) is 5.80. The van der Waals surface area contributed by atoms with Crippen molar-refractivity contribution in [2.24, 2.45) is 0 Å². The Kier molecular flexibility index (Phi) is 4.94. The quantitative estimate of drug-likeness (QED) is 0.711. The van der Waals surface area contributed by atoms with E-state index in [9.17, 15) is 0 Å². The Labute approximate surface area is 127 Å². The second-order valence-corrected chi connectivity index (χ2v) is 5.98. The fourth-order valence-electron chi connectivity index (χ4n) is 2.69. The molecule has 1 aromatic heterocycles. The average Bonchev–Trinajstić information content (AvgIpc) is 3.25. The summed E-state index contributed by atoms with van der Waals surface area (Å²) in [5.74, 6) is 0. The summed E-state index contributed by atoms with van der Waals surface area (Å²) in [5.41, 5.74) is 2.73. The van der Waals surface area contributed by atoms with E-state index in [1.54, 1.807) is 0 Å². The van der Waals surface area contributed by atoms with Gasteiger partial charge in [-0.3, -0.25) is 0 Å². The highest BCUT2D eigenvalue weighted by Crippen LogP contribution is 2.23. The first kappa shape index (κ1) is 14.6. The van der Waals surface area contributed by atoms with Crippen LogP contribution in [0.15, 0.2) is 30.5 Å². The standard InChI is InChI=1S/C18H26N2O/c1-2-3-12-21-13-11-20-10-9-17-15(5-4-6-18(17)20)14-19-16-7-8-16/h4-6,9-10,16,19H,2-3,7-8,11-14H2,1H3. The molecule has 1 N–H and O–H groups in total. The Bertz CT molecular complexity index is 572. The van der Waals surface area contributed by atoms with Crippen LogP contribution in [0.2, 0.25) is 0 Å². The normalized spacial score (nSPS) is 14.9. The molecule has 0 saturated heterocycles. The van der Waals surface area contributed by atoms with Gasteiger partial charge in [0.25, 0.3) is 0 Å². The van der Waals surface area contributed by atoms with Crippen molar-refractivity contribution in [3.05, 3.63) is 36.0 Å². The summed E-state index contributed by atoms with van der Waals surface area (Å²) in [7, 11) is 0. The minimum Gasteiger partial charge on any atom is -0.380 e. The summed E-state index contributed by atoms with van der Waals surface area (Å²) in [4.78, 5) is 0. The SMILES string of the molecule is CCCCOCCn1ccc2c(CNC3CC3)cccc21. The molecule has 0 radical (unpaired) electrons. The fraction of sp³-hybridized carbons (Fsp3) is 0.556. The van der Waals surface area contributed by atoms with Crippen LogP contribution in [0, 0.1) is 0 Å². The number of aromatic nitrogens is 1. The summed E-state index contributed by atoms with van der Waals surface area (Å²) < 4.78 is 7.99. The Morgan fingerprint density at radius 2 is 2.14 bits per heavy atom. The molecule has 114 valence electrons. The van der Waals surface area contributed by atoms with Crippen LogP contribution in [0.5, 0.6) is 0 Å². The van der Waals surface area contributed by atoms with Crippen molar-refractivity contribution >= 4 is 10.9 Å². The van der Waals surface area contributed by atoms with Crippen LogP contribution in [-0.2, 0) is 17.8 Å². The third-order valence-electron chi connectivity index (χ3n) is 4.18. The average molecular weight is 286 g/mol. The molecule has 0 unspecified atom stereocenters. The molecule has 3 heteroatoms. The lowest BCUT2D eigenvalue weighted by molar-refractivity contribution is 0.124. The van der Waals surface area contributed by atoms with E-state index in [-0.39, 0.29) is 0 Å². The van der Waals surface area contributed by atoms with Gasteiger partial charge in [0, 0.05) is 42.8 Å². The van der Waals surface area contributed by atoms with E-state index in [0.717, 1.165) is 38.8 Å². The maximum Gasteiger partial charge on any atom is 0.0645 e. The number of benzene rings is 1. The van der Waals surface area contributed by atoms with Crippen LogP contribution in [0.25, 0.3) is 10.9 Å². The van der Waals surface area contributed by atoms with E-state index in [1.807, 2.05) is 0 Å².